The van der Waals surface area contributed by atoms with Crippen molar-refractivity contribution in [3.05, 3.63) is 35.9 Å². The summed E-state index contributed by atoms with van der Waals surface area (Å²) in [5, 5.41) is 18.9. The molecule has 2 aromatic rings. The number of aromatic nitrogens is 4. The van der Waals surface area contributed by atoms with Crippen LogP contribution in [-0.4, -0.2) is 68.0 Å². The summed E-state index contributed by atoms with van der Waals surface area (Å²) in [6.45, 7) is 8.34. The molecule has 0 unspecified atom stereocenters. The van der Waals surface area contributed by atoms with E-state index in [1.165, 1.54) is 0 Å². The van der Waals surface area contributed by atoms with E-state index in [1.54, 1.807) is 10.9 Å². The molecular weight excluding hydrogens is 294 g/mol. The van der Waals surface area contributed by atoms with Gasteiger partial charge in [-0.2, -0.15) is 10.2 Å². The number of ether oxygens (including phenoxy) is 1. The lowest BCUT2D eigenvalue weighted by atomic mass is 10.2. The van der Waals surface area contributed by atoms with Crippen LogP contribution in [0, 0.1) is 13.8 Å². The fourth-order valence-corrected chi connectivity index (χ4v) is 3.09. The molecule has 0 radical (unpaired) electrons. The Morgan fingerprint density at radius 2 is 2.26 bits per heavy atom. The van der Waals surface area contributed by atoms with Gasteiger partial charge in [0.15, 0.2) is 0 Å². The maximum Gasteiger partial charge on any atom is 0.0898 e. The molecule has 126 valence electrons. The quantitative estimate of drug-likeness (QED) is 0.838. The molecule has 1 aliphatic rings. The summed E-state index contributed by atoms with van der Waals surface area (Å²) in [4.78, 5) is 2.26. The summed E-state index contributed by atoms with van der Waals surface area (Å²) in [5.74, 6) is 0. The SMILES string of the molecule is Cc1cc(C)n(C[C@@H]2CN(C[C@@H](O)Cn3cccn3)CCO2)n1. The van der Waals surface area contributed by atoms with Gasteiger partial charge in [0.2, 0.25) is 0 Å². The van der Waals surface area contributed by atoms with E-state index in [4.69, 9.17) is 4.74 Å². The molecule has 7 nitrogen and oxygen atoms in total. The Balaban J connectivity index is 1.50. The number of aliphatic hydroxyl groups excluding tert-OH is 1. The first kappa shape index (κ1) is 16.2. The average molecular weight is 319 g/mol. The van der Waals surface area contributed by atoms with E-state index < -0.39 is 6.10 Å². The van der Waals surface area contributed by atoms with E-state index in [2.05, 4.69) is 28.1 Å². The van der Waals surface area contributed by atoms with Gasteiger partial charge < -0.3 is 9.84 Å². The Morgan fingerprint density at radius 1 is 1.39 bits per heavy atom. The summed E-state index contributed by atoms with van der Waals surface area (Å²) in [6.07, 6.45) is 3.28. The van der Waals surface area contributed by atoms with Crippen molar-refractivity contribution in [2.45, 2.75) is 39.1 Å². The number of aryl methyl sites for hydroxylation is 2. The smallest absolute Gasteiger partial charge is 0.0898 e. The highest BCUT2D eigenvalue weighted by Gasteiger charge is 2.23. The Labute approximate surface area is 136 Å². The largest absolute Gasteiger partial charge is 0.390 e. The van der Waals surface area contributed by atoms with E-state index >= 15 is 0 Å². The lowest BCUT2D eigenvalue weighted by Crippen LogP contribution is -2.47. The molecule has 1 aliphatic heterocycles. The lowest BCUT2D eigenvalue weighted by molar-refractivity contribution is -0.0500. The summed E-state index contributed by atoms with van der Waals surface area (Å²) >= 11 is 0. The zero-order valence-corrected chi connectivity index (χ0v) is 13.8. The van der Waals surface area contributed by atoms with E-state index in [-0.39, 0.29) is 6.10 Å². The van der Waals surface area contributed by atoms with Crippen molar-refractivity contribution < 1.29 is 9.84 Å². The minimum absolute atomic E-state index is 0.110. The number of hydrogen-bond donors (Lipinski definition) is 1. The Hall–Kier alpha value is -1.70. The number of morpholine rings is 1. The Morgan fingerprint density at radius 3 is 2.96 bits per heavy atom. The van der Waals surface area contributed by atoms with Crippen molar-refractivity contribution >= 4 is 0 Å². The maximum atomic E-state index is 10.2. The normalized spacial score (nSPS) is 20.7. The number of aliphatic hydroxyl groups is 1. The van der Waals surface area contributed by atoms with Crippen molar-refractivity contribution in [1.29, 1.82) is 0 Å². The topological polar surface area (TPSA) is 68.3 Å². The zero-order valence-electron chi connectivity index (χ0n) is 13.8. The highest BCUT2D eigenvalue weighted by atomic mass is 16.5. The van der Waals surface area contributed by atoms with E-state index in [9.17, 15) is 5.11 Å². The van der Waals surface area contributed by atoms with Crippen LogP contribution >= 0.6 is 0 Å². The molecule has 1 N–H and O–H groups in total. The first-order valence-corrected chi connectivity index (χ1v) is 8.10. The fourth-order valence-electron chi connectivity index (χ4n) is 3.09. The molecule has 0 aromatic carbocycles. The predicted octanol–water partition coefficient (Wildman–Crippen LogP) is 0.458. The van der Waals surface area contributed by atoms with Crippen molar-refractivity contribution in [1.82, 2.24) is 24.5 Å². The standard InChI is InChI=1S/C16H25N5O2/c1-13-8-14(2)21(18-13)12-16-11-19(6-7-23-16)9-15(22)10-20-5-3-4-17-20/h3-5,8,15-16,22H,6-7,9-12H2,1-2H3/t15-,16+/m1/s1. The first-order valence-electron chi connectivity index (χ1n) is 8.10. The predicted molar refractivity (Wildman–Crippen MR) is 86.1 cm³/mol. The van der Waals surface area contributed by atoms with Crippen LogP contribution in [0.1, 0.15) is 11.4 Å². The molecule has 1 saturated heterocycles. The van der Waals surface area contributed by atoms with E-state index in [0.29, 0.717) is 19.7 Å². The van der Waals surface area contributed by atoms with Crippen molar-refractivity contribution in [3.63, 3.8) is 0 Å². The van der Waals surface area contributed by atoms with Gasteiger partial charge in [-0.15, -0.1) is 0 Å². The number of nitrogens with zero attached hydrogens (tertiary/aromatic N) is 5. The third-order valence-electron chi connectivity index (χ3n) is 4.13. The van der Waals surface area contributed by atoms with Crippen LogP contribution < -0.4 is 0 Å². The van der Waals surface area contributed by atoms with Gasteiger partial charge in [-0.25, -0.2) is 0 Å². The second-order valence-corrected chi connectivity index (χ2v) is 6.24. The Kier molecular flexibility index (Phi) is 5.09. The van der Waals surface area contributed by atoms with Crippen LogP contribution in [0.15, 0.2) is 24.5 Å². The van der Waals surface area contributed by atoms with Crippen LogP contribution in [0.2, 0.25) is 0 Å². The van der Waals surface area contributed by atoms with Gasteiger partial charge in [-0.05, 0) is 26.0 Å². The van der Waals surface area contributed by atoms with Gasteiger partial charge in [0.05, 0.1) is 37.6 Å². The molecule has 1 fully saturated rings. The molecule has 2 aromatic heterocycles. The third-order valence-corrected chi connectivity index (χ3v) is 4.13. The van der Waals surface area contributed by atoms with Gasteiger partial charge >= 0.3 is 0 Å². The maximum absolute atomic E-state index is 10.2. The van der Waals surface area contributed by atoms with Crippen LogP contribution in [0.25, 0.3) is 0 Å². The summed E-state index contributed by atoms with van der Waals surface area (Å²) in [5.41, 5.74) is 2.19. The molecule has 0 saturated carbocycles. The van der Waals surface area contributed by atoms with Gasteiger partial charge in [0.1, 0.15) is 0 Å². The van der Waals surface area contributed by atoms with Crippen LogP contribution in [0.3, 0.4) is 0 Å². The second-order valence-electron chi connectivity index (χ2n) is 6.24. The summed E-state index contributed by atoms with van der Waals surface area (Å²) < 4.78 is 9.63. The highest BCUT2D eigenvalue weighted by molar-refractivity contribution is 5.06. The number of rotatable bonds is 6. The van der Waals surface area contributed by atoms with Gasteiger partial charge in [0, 0.05) is 37.7 Å². The van der Waals surface area contributed by atoms with Crippen LogP contribution in [-0.2, 0) is 17.8 Å². The Bertz CT molecular complexity index is 610. The van der Waals surface area contributed by atoms with Crippen LogP contribution in [0.5, 0.6) is 0 Å². The van der Waals surface area contributed by atoms with Gasteiger partial charge in [0.25, 0.3) is 0 Å². The molecule has 23 heavy (non-hydrogen) atoms. The van der Waals surface area contributed by atoms with Gasteiger partial charge in [-0.1, -0.05) is 0 Å². The molecule has 0 bridgehead atoms. The van der Waals surface area contributed by atoms with Crippen molar-refractivity contribution in [3.8, 4) is 0 Å². The average Bonchev–Trinajstić information content (AvgIpc) is 3.09. The van der Waals surface area contributed by atoms with Gasteiger partial charge in [-0.3, -0.25) is 14.3 Å². The second kappa shape index (κ2) is 7.25. The molecule has 0 spiro atoms. The van der Waals surface area contributed by atoms with E-state index in [0.717, 1.165) is 31.0 Å². The van der Waals surface area contributed by atoms with Crippen LogP contribution in [0.4, 0.5) is 0 Å². The molecular formula is C16H25N5O2. The fraction of sp³-hybridized carbons (Fsp3) is 0.625. The monoisotopic (exact) mass is 319 g/mol. The lowest BCUT2D eigenvalue weighted by Gasteiger charge is -2.34. The molecule has 3 heterocycles. The molecule has 3 rings (SSSR count). The summed E-state index contributed by atoms with van der Waals surface area (Å²) in [6, 6.07) is 3.94. The zero-order chi connectivity index (χ0) is 16.2. The highest BCUT2D eigenvalue weighted by Crippen LogP contribution is 2.11. The minimum atomic E-state index is -0.428. The first-order chi connectivity index (χ1) is 11.1. The molecule has 0 amide bonds. The summed E-state index contributed by atoms with van der Waals surface area (Å²) in [7, 11) is 0. The third kappa shape index (κ3) is 4.40. The molecule has 2 atom stereocenters. The van der Waals surface area contributed by atoms with Crippen molar-refractivity contribution in [2.75, 3.05) is 26.2 Å². The number of hydrogen-bond acceptors (Lipinski definition) is 5. The van der Waals surface area contributed by atoms with Crippen molar-refractivity contribution in [2.24, 2.45) is 0 Å². The van der Waals surface area contributed by atoms with E-state index in [1.807, 2.05) is 23.9 Å². The molecule has 0 aliphatic carbocycles. The minimum Gasteiger partial charge on any atom is -0.390 e. The molecule has 7 heteroatoms. The number of β-amino-alcohol motifs (C(OH)–C–C–N with tert-alkyl or cyclic N) is 1.